The summed E-state index contributed by atoms with van der Waals surface area (Å²) >= 11 is 0. The van der Waals surface area contributed by atoms with Crippen LogP contribution in [0.1, 0.15) is 29.2 Å². The van der Waals surface area contributed by atoms with Gasteiger partial charge in [0.2, 0.25) is 5.43 Å². The van der Waals surface area contributed by atoms with E-state index in [2.05, 4.69) is 0 Å². The smallest absolute Gasteiger partial charge is 0.341 e. The van der Waals surface area contributed by atoms with Gasteiger partial charge in [-0.05, 0) is 12.5 Å². The first kappa shape index (κ1) is 18.1. The minimum absolute atomic E-state index is 0.0553. The number of pyridine rings is 1. The molecule has 5 atom stereocenters. The molecule has 9 heteroatoms. The number of aromatic carboxylic acids is 1. The minimum Gasteiger partial charge on any atom is -0.492 e. The Balaban J connectivity index is 1.58. The third-order valence-electron chi connectivity index (χ3n) is 7.27. The van der Waals surface area contributed by atoms with Crippen molar-refractivity contribution in [1.29, 1.82) is 0 Å². The predicted molar refractivity (Wildman–Crippen MR) is 103 cm³/mol. The lowest BCUT2D eigenvalue weighted by atomic mass is 9.95. The zero-order valence-electron chi connectivity index (χ0n) is 16.2. The van der Waals surface area contributed by atoms with Crippen LogP contribution < -0.4 is 15.1 Å². The number of halogens is 2. The van der Waals surface area contributed by atoms with E-state index in [-0.39, 0.29) is 40.3 Å². The van der Waals surface area contributed by atoms with Crippen molar-refractivity contribution < 1.29 is 28.2 Å². The number of carbonyl (C=O) groups is 1. The summed E-state index contributed by atoms with van der Waals surface area (Å²) in [4.78, 5) is 26.3. The number of carboxylic acids is 1. The van der Waals surface area contributed by atoms with Gasteiger partial charge in [0.05, 0.1) is 36.8 Å². The largest absolute Gasteiger partial charge is 0.492 e. The average molecular weight is 418 g/mol. The van der Waals surface area contributed by atoms with Crippen LogP contribution in [0.25, 0.3) is 10.9 Å². The first-order valence-electron chi connectivity index (χ1n) is 10.0. The van der Waals surface area contributed by atoms with Crippen LogP contribution in [-0.2, 0) is 4.74 Å². The topological polar surface area (TPSA) is 81.0 Å². The van der Waals surface area contributed by atoms with E-state index in [0.29, 0.717) is 25.6 Å². The molecule has 2 unspecified atom stereocenters. The number of fused-ring (bicyclic) bond motifs is 1. The number of hydrogen-bond donors (Lipinski definition) is 1. The maximum atomic E-state index is 15.3. The third-order valence-corrected chi connectivity index (χ3v) is 7.27. The summed E-state index contributed by atoms with van der Waals surface area (Å²) in [6, 6.07) is 0.469. The van der Waals surface area contributed by atoms with Crippen LogP contribution in [-0.4, -0.2) is 54.7 Å². The van der Waals surface area contributed by atoms with E-state index in [4.69, 9.17) is 9.47 Å². The highest BCUT2D eigenvalue weighted by atomic mass is 19.1. The van der Waals surface area contributed by atoms with Crippen molar-refractivity contribution in [1.82, 2.24) is 4.57 Å². The van der Waals surface area contributed by atoms with E-state index in [1.807, 2.05) is 4.90 Å². The summed E-state index contributed by atoms with van der Waals surface area (Å²) in [7, 11) is 1.38. The van der Waals surface area contributed by atoms with Crippen molar-refractivity contribution in [3.63, 3.8) is 0 Å². The summed E-state index contributed by atoms with van der Waals surface area (Å²) in [6.45, 7) is 1.90. The molecule has 1 aromatic carbocycles. The Labute approximate surface area is 169 Å². The zero-order chi connectivity index (χ0) is 20.9. The molecule has 7 nitrogen and oxygen atoms in total. The Bertz CT molecular complexity index is 1180. The SMILES string of the molecule is COc1c(N2C[C@@H]3COC4CC43C2)c(F)cc2c(=O)c(C(=O)O)cn([C@@H]3C[C@@H]3F)c12. The van der Waals surface area contributed by atoms with E-state index in [1.54, 1.807) is 0 Å². The number of carboxylic acid groups (broad SMARTS) is 1. The second-order valence-electron chi connectivity index (χ2n) is 8.88. The standard InChI is InChI=1S/C21H20F2N2O5/c1-29-19-16-10(18(26)11(20(27)28)6-25(16)14-3-12(14)22)2-13(23)17(19)24-5-9-7-30-15-4-21(9,15)8-24/h2,6,9,12,14-15H,3-5,7-8H2,1H3,(H,27,28)/t9-,12+,14-,15?,21?/m1/s1. The van der Waals surface area contributed by atoms with Crippen molar-refractivity contribution in [2.75, 3.05) is 31.7 Å². The van der Waals surface area contributed by atoms with E-state index in [1.165, 1.54) is 11.7 Å². The minimum atomic E-state index is -1.43. The van der Waals surface area contributed by atoms with Crippen LogP contribution in [0.4, 0.5) is 14.5 Å². The van der Waals surface area contributed by atoms with Crippen molar-refractivity contribution in [2.45, 2.75) is 31.2 Å². The summed E-state index contributed by atoms with van der Waals surface area (Å²) < 4.78 is 42.1. The predicted octanol–water partition coefficient (Wildman–Crippen LogP) is 2.36. The van der Waals surface area contributed by atoms with Crippen molar-refractivity contribution >= 4 is 22.6 Å². The summed E-state index contributed by atoms with van der Waals surface area (Å²) in [5.74, 6) is -1.61. The van der Waals surface area contributed by atoms with Crippen LogP contribution in [0.15, 0.2) is 17.1 Å². The molecule has 0 amide bonds. The highest BCUT2D eigenvalue weighted by molar-refractivity contribution is 5.97. The van der Waals surface area contributed by atoms with Crippen LogP contribution in [0, 0.1) is 17.2 Å². The molecule has 158 valence electrons. The van der Waals surface area contributed by atoms with Gasteiger partial charge in [-0.1, -0.05) is 0 Å². The first-order chi connectivity index (χ1) is 14.4. The molecule has 2 aliphatic heterocycles. The quantitative estimate of drug-likeness (QED) is 0.821. The van der Waals surface area contributed by atoms with Crippen molar-refractivity contribution in [3.8, 4) is 5.75 Å². The maximum absolute atomic E-state index is 15.3. The number of benzene rings is 1. The lowest BCUT2D eigenvalue weighted by Gasteiger charge is -2.25. The van der Waals surface area contributed by atoms with Gasteiger partial charge in [-0.15, -0.1) is 0 Å². The fourth-order valence-corrected chi connectivity index (χ4v) is 5.51. The molecule has 4 fully saturated rings. The maximum Gasteiger partial charge on any atom is 0.341 e. The molecular weight excluding hydrogens is 398 g/mol. The lowest BCUT2D eigenvalue weighted by Crippen LogP contribution is -2.25. The molecule has 3 heterocycles. The van der Waals surface area contributed by atoms with E-state index in [0.717, 1.165) is 18.7 Å². The Hall–Kier alpha value is -2.68. The molecule has 1 aromatic heterocycles. The van der Waals surface area contributed by atoms with Gasteiger partial charge in [-0.25, -0.2) is 13.6 Å². The molecule has 2 aliphatic carbocycles. The Morgan fingerprint density at radius 2 is 2.20 bits per heavy atom. The number of ether oxygens (including phenoxy) is 2. The summed E-state index contributed by atoms with van der Waals surface area (Å²) in [5, 5.41) is 9.30. The average Bonchev–Trinajstić information content (AvgIpc) is 3.51. The summed E-state index contributed by atoms with van der Waals surface area (Å²) in [6.07, 6.45) is 1.40. The number of rotatable bonds is 4. The Morgan fingerprint density at radius 3 is 2.80 bits per heavy atom. The Morgan fingerprint density at radius 1 is 1.43 bits per heavy atom. The van der Waals surface area contributed by atoms with Gasteiger partial charge in [0.1, 0.15) is 17.4 Å². The monoisotopic (exact) mass is 418 g/mol. The normalized spacial score (nSPS) is 33.5. The van der Waals surface area contributed by atoms with Gasteiger partial charge in [-0.3, -0.25) is 4.79 Å². The van der Waals surface area contributed by atoms with Crippen molar-refractivity contribution in [2.24, 2.45) is 11.3 Å². The van der Waals surface area contributed by atoms with Crippen LogP contribution >= 0.6 is 0 Å². The van der Waals surface area contributed by atoms with Gasteiger partial charge in [-0.2, -0.15) is 0 Å². The van der Waals surface area contributed by atoms with Gasteiger partial charge in [0.25, 0.3) is 0 Å². The van der Waals surface area contributed by atoms with Gasteiger partial charge in [0.15, 0.2) is 11.6 Å². The molecule has 2 saturated heterocycles. The molecule has 4 aliphatic rings. The second kappa shape index (κ2) is 5.72. The molecule has 30 heavy (non-hydrogen) atoms. The molecule has 6 rings (SSSR count). The Kier molecular flexibility index (Phi) is 3.45. The number of aromatic nitrogens is 1. The highest BCUT2D eigenvalue weighted by Crippen LogP contribution is 2.63. The molecule has 1 spiro atoms. The van der Waals surface area contributed by atoms with Gasteiger partial charge < -0.3 is 24.0 Å². The van der Waals surface area contributed by atoms with E-state index < -0.39 is 35.0 Å². The fourth-order valence-electron chi connectivity index (χ4n) is 5.51. The lowest BCUT2D eigenvalue weighted by molar-refractivity contribution is 0.0694. The molecular formula is C21H20F2N2O5. The molecule has 2 saturated carbocycles. The third kappa shape index (κ3) is 2.21. The zero-order valence-corrected chi connectivity index (χ0v) is 16.2. The molecule has 2 aromatic rings. The van der Waals surface area contributed by atoms with Crippen molar-refractivity contribution in [3.05, 3.63) is 33.9 Å². The first-order valence-corrected chi connectivity index (χ1v) is 10.0. The van der Waals surface area contributed by atoms with Crippen LogP contribution in [0.2, 0.25) is 0 Å². The van der Waals surface area contributed by atoms with E-state index >= 15 is 4.39 Å². The van der Waals surface area contributed by atoms with Gasteiger partial charge >= 0.3 is 5.97 Å². The molecule has 0 radical (unpaired) electrons. The number of hydrogen-bond acceptors (Lipinski definition) is 5. The second-order valence-corrected chi connectivity index (χ2v) is 8.88. The van der Waals surface area contributed by atoms with E-state index in [9.17, 15) is 19.1 Å². The number of anilines is 1. The fraction of sp³-hybridized carbons (Fsp3) is 0.524. The number of nitrogens with zero attached hydrogens (tertiary/aromatic N) is 2. The highest BCUT2D eigenvalue weighted by Gasteiger charge is 2.68. The van der Waals surface area contributed by atoms with Crippen LogP contribution in [0.5, 0.6) is 5.75 Å². The van der Waals surface area contributed by atoms with Crippen LogP contribution in [0.3, 0.4) is 0 Å². The number of alkyl halides is 1. The molecule has 0 bridgehead atoms. The number of methoxy groups -OCH3 is 1. The molecule has 1 N–H and O–H groups in total. The van der Waals surface area contributed by atoms with Gasteiger partial charge in [0, 0.05) is 37.0 Å². The summed E-state index contributed by atoms with van der Waals surface area (Å²) in [5.41, 5.74) is -0.775.